The van der Waals surface area contributed by atoms with Gasteiger partial charge in [0, 0.05) is 12.1 Å². The molecule has 144 valence electrons. The van der Waals surface area contributed by atoms with Gasteiger partial charge in [0.05, 0.1) is 15.9 Å². The summed E-state index contributed by atoms with van der Waals surface area (Å²) in [5.74, 6) is 0. The van der Waals surface area contributed by atoms with E-state index in [1.807, 2.05) is 61.5 Å². The number of hydrogen-bond donors (Lipinski definition) is 1. The van der Waals surface area contributed by atoms with Crippen molar-refractivity contribution in [2.75, 3.05) is 0 Å². The van der Waals surface area contributed by atoms with E-state index >= 15 is 0 Å². The number of nitro groups is 1. The highest BCUT2D eigenvalue weighted by Gasteiger charge is 2.26. The zero-order chi connectivity index (χ0) is 20.3. The fourth-order valence-electron chi connectivity index (χ4n) is 2.94. The summed E-state index contributed by atoms with van der Waals surface area (Å²) in [6.07, 6.45) is 0. The SMILES string of the molecule is Cc1ccc([C@@H](NS(=O)(=O)c2cc([N+](=O)[O-])ccc2C)c2ccccc2)cc1. The van der Waals surface area contributed by atoms with Crippen LogP contribution in [0.25, 0.3) is 0 Å². The molecule has 0 aliphatic heterocycles. The van der Waals surface area contributed by atoms with Crippen LogP contribution in [0.3, 0.4) is 0 Å². The van der Waals surface area contributed by atoms with Gasteiger partial charge in [-0.25, -0.2) is 8.42 Å². The summed E-state index contributed by atoms with van der Waals surface area (Å²) in [4.78, 5) is 10.4. The molecule has 0 amide bonds. The lowest BCUT2D eigenvalue weighted by atomic mass is 9.99. The Morgan fingerprint density at radius 1 is 0.893 bits per heavy atom. The molecule has 0 saturated carbocycles. The summed E-state index contributed by atoms with van der Waals surface area (Å²) in [6, 6.07) is 20.0. The van der Waals surface area contributed by atoms with Gasteiger partial charge in [-0.1, -0.05) is 66.2 Å². The first-order valence-corrected chi connectivity index (χ1v) is 10.1. The van der Waals surface area contributed by atoms with Crippen LogP contribution in [-0.4, -0.2) is 13.3 Å². The van der Waals surface area contributed by atoms with E-state index in [2.05, 4.69) is 4.72 Å². The number of nitrogens with one attached hydrogen (secondary N) is 1. The Kier molecular flexibility index (Phi) is 5.58. The molecule has 0 aliphatic carbocycles. The van der Waals surface area contributed by atoms with Crippen LogP contribution in [0.2, 0.25) is 0 Å². The number of hydrogen-bond acceptors (Lipinski definition) is 4. The maximum Gasteiger partial charge on any atom is 0.270 e. The number of nitrogens with zero attached hydrogens (tertiary/aromatic N) is 1. The summed E-state index contributed by atoms with van der Waals surface area (Å²) in [5.41, 5.74) is 2.79. The summed E-state index contributed by atoms with van der Waals surface area (Å²) in [7, 11) is -4.01. The Labute approximate surface area is 164 Å². The van der Waals surface area contributed by atoms with Crippen LogP contribution in [-0.2, 0) is 10.0 Å². The number of benzene rings is 3. The molecular formula is C21H20N2O4S. The predicted molar refractivity (Wildman–Crippen MR) is 108 cm³/mol. The first-order valence-electron chi connectivity index (χ1n) is 8.67. The summed E-state index contributed by atoms with van der Waals surface area (Å²) in [5, 5.41) is 11.1. The monoisotopic (exact) mass is 396 g/mol. The Balaban J connectivity index is 2.06. The molecule has 0 heterocycles. The van der Waals surface area contributed by atoms with E-state index in [0.29, 0.717) is 5.56 Å². The number of aryl methyl sites for hydroxylation is 2. The fourth-order valence-corrected chi connectivity index (χ4v) is 4.42. The van der Waals surface area contributed by atoms with Gasteiger partial charge in [-0.15, -0.1) is 0 Å². The molecule has 0 fully saturated rings. The molecule has 0 saturated heterocycles. The van der Waals surface area contributed by atoms with E-state index < -0.39 is 21.0 Å². The Morgan fingerprint density at radius 2 is 1.50 bits per heavy atom. The van der Waals surface area contributed by atoms with Gasteiger partial charge in [-0.05, 0) is 30.5 Å². The molecule has 6 nitrogen and oxygen atoms in total. The average molecular weight is 396 g/mol. The van der Waals surface area contributed by atoms with Crippen LogP contribution in [0, 0.1) is 24.0 Å². The van der Waals surface area contributed by atoms with Crippen molar-refractivity contribution in [2.24, 2.45) is 0 Å². The summed E-state index contributed by atoms with van der Waals surface area (Å²) in [6.45, 7) is 3.57. The van der Waals surface area contributed by atoms with Crippen molar-refractivity contribution in [3.05, 3.63) is 105 Å². The molecule has 0 radical (unpaired) electrons. The van der Waals surface area contributed by atoms with E-state index in [-0.39, 0.29) is 10.6 Å². The lowest BCUT2D eigenvalue weighted by Gasteiger charge is -2.21. The normalized spacial score (nSPS) is 12.5. The standard InChI is InChI=1S/C21H20N2O4S/c1-15-8-11-18(12-9-15)21(17-6-4-3-5-7-17)22-28(26,27)20-14-19(23(24)25)13-10-16(20)2/h3-14,21-22H,1-2H3/t21-/m0/s1. The van der Waals surface area contributed by atoms with Crippen molar-refractivity contribution in [1.82, 2.24) is 4.72 Å². The molecule has 3 aromatic rings. The lowest BCUT2D eigenvalue weighted by Crippen LogP contribution is -2.30. The van der Waals surface area contributed by atoms with Crippen LogP contribution < -0.4 is 4.72 Å². The molecule has 3 aromatic carbocycles. The van der Waals surface area contributed by atoms with Gasteiger partial charge in [0.1, 0.15) is 0 Å². The van der Waals surface area contributed by atoms with Gasteiger partial charge in [-0.3, -0.25) is 10.1 Å². The molecule has 28 heavy (non-hydrogen) atoms. The van der Waals surface area contributed by atoms with Crippen molar-refractivity contribution in [3.8, 4) is 0 Å². The zero-order valence-corrected chi connectivity index (χ0v) is 16.3. The number of nitro benzene ring substituents is 1. The van der Waals surface area contributed by atoms with Crippen LogP contribution in [0.1, 0.15) is 28.3 Å². The van der Waals surface area contributed by atoms with Gasteiger partial charge in [-0.2, -0.15) is 4.72 Å². The molecule has 0 aromatic heterocycles. The van der Waals surface area contributed by atoms with Gasteiger partial charge in [0.15, 0.2) is 0 Å². The predicted octanol–water partition coefficient (Wildman–Crippen LogP) is 4.28. The summed E-state index contributed by atoms with van der Waals surface area (Å²) >= 11 is 0. The second kappa shape index (κ2) is 7.92. The van der Waals surface area contributed by atoms with Crippen LogP contribution in [0.4, 0.5) is 5.69 Å². The van der Waals surface area contributed by atoms with Crippen molar-refractivity contribution in [2.45, 2.75) is 24.8 Å². The Morgan fingerprint density at radius 3 is 2.11 bits per heavy atom. The van der Waals surface area contributed by atoms with E-state index in [9.17, 15) is 18.5 Å². The van der Waals surface area contributed by atoms with E-state index in [4.69, 9.17) is 0 Å². The summed E-state index contributed by atoms with van der Waals surface area (Å²) < 4.78 is 29.0. The highest BCUT2D eigenvalue weighted by Crippen LogP contribution is 2.27. The van der Waals surface area contributed by atoms with Crippen molar-refractivity contribution >= 4 is 15.7 Å². The third kappa shape index (κ3) is 4.27. The average Bonchev–Trinajstić information content (AvgIpc) is 2.67. The van der Waals surface area contributed by atoms with Gasteiger partial charge in [0.2, 0.25) is 10.0 Å². The zero-order valence-electron chi connectivity index (χ0n) is 15.5. The van der Waals surface area contributed by atoms with Crippen LogP contribution >= 0.6 is 0 Å². The molecule has 0 unspecified atom stereocenters. The smallest absolute Gasteiger partial charge is 0.258 e. The highest BCUT2D eigenvalue weighted by molar-refractivity contribution is 7.89. The third-order valence-corrected chi connectivity index (χ3v) is 6.05. The second-order valence-corrected chi connectivity index (χ2v) is 8.26. The first kappa shape index (κ1) is 19.7. The van der Waals surface area contributed by atoms with Crippen molar-refractivity contribution in [1.29, 1.82) is 0 Å². The molecule has 1 atom stereocenters. The number of rotatable bonds is 6. The Bertz CT molecular complexity index is 1100. The van der Waals surface area contributed by atoms with E-state index in [0.717, 1.165) is 22.8 Å². The van der Waals surface area contributed by atoms with Crippen molar-refractivity contribution in [3.63, 3.8) is 0 Å². The second-order valence-electron chi connectivity index (χ2n) is 6.58. The molecule has 0 spiro atoms. The first-order chi connectivity index (χ1) is 13.3. The number of non-ortho nitro benzene ring substituents is 1. The topological polar surface area (TPSA) is 89.3 Å². The molecular weight excluding hydrogens is 376 g/mol. The molecule has 3 rings (SSSR count). The largest absolute Gasteiger partial charge is 0.270 e. The third-order valence-electron chi connectivity index (χ3n) is 4.49. The minimum atomic E-state index is -4.01. The minimum absolute atomic E-state index is 0.102. The maximum absolute atomic E-state index is 13.1. The molecule has 0 aliphatic rings. The van der Waals surface area contributed by atoms with Crippen LogP contribution in [0.5, 0.6) is 0 Å². The van der Waals surface area contributed by atoms with Gasteiger partial charge in [0.25, 0.3) is 5.69 Å². The molecule has 1 N–H and O–H groups in total. The minimum Gasteiger partial charge on any atom is -0.258 e. The molecule has 0 bridgehead atoms. The van der Waals surface area contributed by atoms with Gasteiger partial charge < -0.3 is 0 Å². The van der Waals surface area contributed by atoms with Crippen molar-refractivity contribution < 1.29 is 13.3 Å². The molecule has 7 heteroatoms. The quantitative estimate of drug-likeness (QED) is 0.497. The van der Waals surface area contributed by atoms with E-state index in [1.165, 1.54) is 12.1 Å². The van der Waals surface area contributed by atoms with Gasteiger partial charge >= 0.3 is 0 Å². The Hall–Kier alpha value is -3.03. The van der Waals surface area contributed by atoms with E-state index in [1.54, 1.807) is 6.92 Å². The fraction of sp³-hybridized carbons (Fsp3) is 0.143. The lowest BCUT2D eigenvalue weighted by molar-refractivity contribution is -0.385. The highest BCUT2D eigenvalue weighted by atomic mass is 32.2. The number of sulfonamides is 1. The van der Waals surface area contributed by atoms with Crippen LogP contribution in [0.15, 0.2) is 77.7 Å². The maximum atomic E-state index is 13.1.